The average molecular weight is 297 g/mol. The van der Waals surface area contributed by atoms with Crippen molar-refractivity contribution in [2.24, 2.45) is 0 Å². The molecule has 5 heteroatoms. The Balaban J connectivity index is 1.93. The SMILES string of the molecule is O=c1[se]c2ccccc2n1CN1CCOCC1. The summed E-state index contributed by atoms with van der Waals surface area (Å²) in [6, 6.07) is 8.11. The summed E-state index contributed by atoms with van der Waals surface area (Å²) < 4.78 is 8.71. The van der Waals surface area contributed by atoms with E-state index >= 15 is 0 Å². The van der Waals surface area contributed by atoms with Crippen molar-refractivity contribution in [2.75, 3.05) is 26.3 Å². The van der Waals surface area contributed by atoms with Gasteiger partial charge in [0.2, 0.25) is 0 Å². The monoisotopic (exact) mass is 298 g/mol. The molecule has 90 valence electrons. The van der Waals surface area contributed by atoms with Gasteiger partial charge in [-0.25, -0.2) is 0 Å². The van der Waals surface area contributed by atoms with Crippen molar-refractivity contribution in [2.45, 2.75) is 6.67 Å². The van der Waals surface area contributed by atoms with Gasteiger partial charge in [0.15, 0.2) is 0 Å². The molecule has 2 aromatic rings. The molecule has 2 heterocycles. The summed E-state index contributed by atoms with van der Waals surface area (Å²) in [7, 11) is 0. The molecule has 0 amide bonds. The molecule has 0 saturated carbocycles. The van der Waals surface area contributed by atoms with E-state index in [2.05, 4.69) is 11.0 Å². The number of hydrogen-bond donors (Lipinski definition) is 0. The second kappa shape index (κ2) is 4.78. The van der Waals surface area contributed by atoms with Crippen molar-refractivity contribution >= 4 is 24.3 Å². The van der Waals surface area contributed by atoms with E-state index in [1.54, 1.807) is 0 Å². The van der Waals surface area contributed by atoms with Crippen molar-refractivity contribution in [1.82, 2.24) is 9.47 Å². The van der Waals surface area contributed by atoms with Crippen LogP contribution in [0.25, 0.3) is 9.78 Å². The molecule has 1 aromatic heterocycles. The Morgan fingerprint density at radius 1 is 1.24 bits per heavy atom. The molecule has 1 aliphatic heterocycles. The number of benzene rings is 1. The first kappa shape index (κ1) is 11.2. The number of para-hydroxylation sites is 1. The van der Waals surface area contributed by atoms with Crippen molar-refractivity contribution in [1.29, 1.82) is 0 Å². The van der Waals surface area contributed by atoms with Crippen LogP contribution in [-0.2, 0) is 11.4 Å². The van der Waals surface area contributed by atoms with Gasteiger partial charge in [-0.2, -0.15) is 0 Å². The fourth-order valence-corrected chi connectivity index (χ4v) is 3.94. The standard InChI is InChI=1S/C12H14N2O2Se/c15-12-14(9-13-5-7-16-8-6-13)10-3-1-2-4-11(10)17-12/h1-4H,5-9H2. The molecule has 0 spiro atoms. The van der Waals surface area contributed by atoms with E-state index in [1.165, 1.54) is 4.26 Å². The van der Waals surface area contributed by atoms with E-state index in [9.17, 15) is 4.79 Å². The van der Waals surface area contributed by atoms with Gasteiger partial charge >= 0.3 is 105 Å². The van der Waals surface area contributed by atoms with E-state index in [0.29, 0.717) is 6.67 Å². The third-order valence-electron chi connectivity index (χ3n) is 3.02. The molecule has 1 aliphatic rings. The number of ether oxygens (including phenoxy) is 1. The van der Waals surface area contributed by atoms with Crippen LogP contribution < -0.4 is 4.43 Å². The van der Waals surface area contributed by atoms with Crippen molar-refractivity contribution in [3.63, 3.8) is 0 Å². The Morgan fingerprint density at radius 2 is 2.00 bits per heavy atom. The van der Waals surface area contributed by atoms with Crippen LogP contribution in [0.15, 0.2) is 29.1 Å². The van der Waals surface area contributed by atoms with E-state index in [-0.39, 0.29) is 18.9 Å². The fraction of sp³-hybridized carbons (Fsp3) is 0.417. The molecule has 0 atom stereocenters. The Kier molecular flexibility index (Phi) is 3.16. The molecule has 0 aliphatic carbocycles. The summed E-state index contributed by atoms with van der Waals surface area (Å²) in [4.78, 5) is 14.3. The maximum absolute atomic E-state index is 12.0. The second-order valence-corrected chi connectivity index (χ2v) is 6.22. The maximum atomic E-state index is 12.0. The minimum absolute atomic E-state index is 0.0388. The van der Waals surface area contributed by atoms with Gasteiger partial charge in [-0.15, -0.1) is 0 Å². The van der Waals surface area contributed by atoms with Crippen LogP contribution in [-0.4, -0.2) is 50.3 Å². The Morgan fingerprint density at radius 3 is 2.82 bits per heavy atom. The fourth-order valence-electron chi connectivity index (χ4n) is 2.09. The zero-order valence-electron chi connectivity index (χ0n) is 9.46. The van der Waals surface area contributed by atoms with Crippen LogP contribution in [0, 0.1) is 0 Å². The number of rotatable bonds is 2. The van der Waals surface area contributed by atoms with Gasteiger partial charge < -0.3 is 0 Å². The number of fused-ring (bicyclic) bond motifs is 1. The molecule has 1 saturated heterocycles. The quantitative estimate of drug-likeness (QED) is 0.750. The van der Waals surface area contributed by atoms with Gasteiger partial charge in [0.05, 0.1) is 0 Å². The summed E-state index contributed by atoms with van der Waals surface area (Å²) in [6.45, 7) is 4.09. The summed E-state index contributed by atoms with van der Waals surface area (Å²) in [5, 5.41) is 0. The van der Waals surface area contributed by atoms with E-state index in [4.69, 9.17) is 4.74 Å². The molecule has 0 N–H and O–H groups in total. The first-order chi connectivity index (χ1) is 8.34. The first-order valence-electron chi connectivity index (χ1n) is 5.73. The second-order valence-electron chi connectivity index (χ2n) is 4.14. The molecule has 4 nitrogen and oxygen atoms in total. The summed E-state index contributed by atoms with van der Waals surface area (Å²) in [5.74, 6) is 0. The normalized spacial score (nSPS) is 17.6. The molecule has 1 aromatic carbocycles. The molecule has 0 radical (unpaired) electrons. The summed E-state index contributed by atoms with van der Waals surface area (Å²) in [6.07, 6.45) is 0. The summed E-state index contributed by atoms with van der Waals surface area (Å²) >= 11 is -0.0388. The van der Waals surface area contributed by atoms with Crippen molar-refractivity contribution in [3.8, 4) is 0 Å². The van der Waals surface area contributed by atoms with Crippen LogP contribution in [0.1, 0.15) is 0 Å². The van der Waals surface area contributed by atoms with Gasteiger partial charge in [0, 0.05) is 0 Å². The molecule has 3 rings (SSSR count). The van der Waals surface area contributed by atoms with Gasteiger partial charge in [0.1, 0.15) is 0 Å². The molecule has 0 bridgehead atoms. The zero-order chi connectivity index (χ0) is 11.7. The Bertz CT molecular complexity index is 569. The predicted octanol–water partition coefficient (Wildman–Crippen LogP) is 0.348. The molecule has 17 heavy (non-hydrogen) atoms. The molecule has 0 unspecified atom stereocenters. The van der Waals surface area contributed by atoms with Crippen LogP contribution >= 0.6 is 0 Å². The topological polar surface area (TPSA) is 34.5 Å². The van der Waals surface area contributed by atoms with Gasteiger partial charge in [-0.1, -0.05) is 0 Å². The van der Waals surface area contributed by atoms with Crippen LogP contribution in [0.2, 0.25) is 0 Å². The molecule has 1 fully saturated rings. The first-order valence-corrected chi connectivity index (χ1v) is 7.44. The van der Waals surface area contributed by atoms with Crippen molar-refractivity contribution < 1.29 is 4.74 Å². The van der Waals surface area contributed by atoms with Crippen LogP contribution in [0.3, 0.4) is 0 Å². The third kappa shape index (κ3) is 2.24. The number of hydrogen-bond acceptors (Lipinski definition) is 3. The van der Waals surface area contributed by atoms with E-state index < -0.39 is 0 Å². The van der Waals surface area contributed by atoms with E-state index in [1.807, 2.05) is 22.8 Å². The number of aromatic nitrogens is 1. The predicted molar refractivity (Wildman–Crippen MR) is 67.5 cm³/mol. The van der Waals surface area contributed by atoms with Gasteiger partial charge in [-0.05, 0) is 0 Å². The number of morpholine rings is 1. The van der Waals surface area contributed by atoms with Gasteiger partial charge in [-0.3, -0.25) is 0 Å². The molecular weight excluding hydrogens is 283 g/mol. The Hall–Kier alpha value is -0.871. The third-order valence-corrected chi connectivity index (χ3v) is 5.03. The van der Waals surface area contributed by atoms with Crippen molar-refractivity contribution in [3.05, 3.63) is 33.5 Å². The van der Waals surface area contributed by atoms with Crippen LogP contribution in [0.4, 0.5) is 0 Å². The average Bonchev–Trinajstić information content (AvgIpc) is 2.68. The van der Waals surface area contributed by atoms with Gasteiger partial charge in [0.25, 0.3) is 0 Å². The Labute approximate surface area is 105 Å². The van der Waals surface area contributed by atoms with E-state index in [0.717, 1.165) is 31.8 Å². The number of nitrogens with zero attached hydrogens (tertiary/aromatic N) is 2. The summed E-state index contributed by atoms with van der Waals surface area (Å²) in [5.41, 5.74) is 1.10. The van der Waals surface area contributed by atoms with Crippen LogP contribution in [0.5, 0.6) is 0 Å². The zero-order valence-corrected chi connectivity index (χ0v) is 11.2. The minimum atomic E-state index is -0.0388. The molecular formula is C12H14N2O2Se.